The number of aliphatic hydroxyl groups is 1. The fourth-order valence-electron chi connectivity index (χ4n) is 2.23. The summed E-state index contributed by atoms with van der Waals surface area (Å²) in [6.07, 6.45) is -0.330. The van der Waals surface area contributed by atoms with E-state index in [4.69, 9.17) is 16.5 Å². The third-order valence-corrected chi connectivity index (χ3v) is 4.22. The van der Waals surface area contributed by atoms with E-state index in [1.54, 1.807) is 0 Å². The van der Waals surface area contributed by atoms with Crippen molar-refractivity contribution in [2.45, 2.75) is 12.5 Å². The lowest BCUT2D eigenvalue weighted by molar-refractivity contribution is -0.118. The maximum atomic E-state index is 11.2. The van der Waals surface area contributed by atoms with E-state index in [-0.39, 0.29) is 12.3 Å². The standard InChI is InChI=1S/C18H20BrClN2O3/c19-15-3-1-2-14(11-15)17(23)12-21-8-9-25-16-6-4-13(5-7-16)10-18(24)22-20/h1-7,11,17,21,23H,8-10,12H2,(H,22,24). The van der Waals surface area contributed by atoms with Gasteiger partial charge in [0.2, 0.25) is 5.91 Å². The van der Waals surface area contributed by atoms with Crippen LogP contribution in [0.5, 0.6) is 5.75 Å². The molecule has 25 heavy (non-hydrogen) atoms. The van der Waals surface area contributed by atoms with Crippen molar-refractivity contribution in [2.75, 3.05) is 19.7 Å². The summed E-state index contributed by atoms with van der Waals surface area (Å²) in [4.78, 5) is 13.3. The minimum atomic E-state index is -0.565. The van der Waals surface area contributed by atoms with Crippen LogP contribution in [0.4, 0.5) is 0 Å². The van der Waals surface area contributed by atoms with E-state index in [1.807, 2.05) is 48.5 Å². The highest BCUT2D eigenvalue weighted by atomic mass is 79.9. The number of carbonyl (C=O) groups excluding carboxylic acids is 1. The average Bonchev–Trinajstić information content (AvgIpc) is 2.62. The van der Waals surface area contributed by atoms with Gasteiger partial charge in [0.1, 0.15) is 12.4 Å². The van der Waals surface area contributed by atoms with Gasteiger partial charge < -0.3 is 15.2 Å². The van der Waals surface area contributed by atoms with Crippen LogP contribution in [0.25, 0.3) is 0 Å². The van der Waals surface area contributed by atoms with Gasteiger partial charge in [-0.05, 0) is 35.4 Å². The number of hydrogen-bond acceptors (Lipinski definition) is 4. The Kier molecular flexibility index (Phi) is 8.21. The Labute approximate surface area is 160 Å². The zero-order valence-electron chi connectivity index (χ0n) is 13.5. The molecule has 0 aliphatic heterocycles. The van der Waals surface area contributed by atoms with Crippen molar-refractivity contribution in [3.8, 4) is 5.75 Å². The number of rotatable bonds is 9. The van der Waals surface area contributed by atoms with E-state index in [1.165, 1.54) is 0 Å². The van der Waals surface area contributed by atoms with E-state index in [0.29, 0.717) is 19.7 Å². The highest BCUT2D eigenvalue weighted by Gasteiger charge is 2.07. The number of nitrogens with one attached hydrogen (secondary N) is 2. The lowest BCUT2D eigenvalue weighted by Crippen LogP contribution is -2.26. The maximum Gasteiger partial charge on any atom is 0.238 e. The number of carbonyl (C=O) groups is 1. The van der Waals surface area contributed by atoms with Crippen LogP contribution < -0.4 is 14.9 Å². The molecular formula is C18H20BrClN2O3. The molecule has 2 aromatic carbocycles. The van der Waals surface area contributed by atoms with Gasteiger partial charge in [-0.3, -0.25) is 9.63 Å². The molecule has 1 unspecified atom stereocenters. The minimum absolute atomic E-state index is 0.235. The zero-order chi connectivity index (χ0) is 18.1. The Morgan fingerprint density at radius 2 is 2.00 bits per heavy atom. The number of amides is 1. The first-order valence-electron chi connectivity index (χ1n) is 7.84. The first-order chi connectivity index (χ1) is 12.1. The Hall–Kier alpha value is -1.60. The first-order valence-corrected chi connectivity index (χ1v) is 9.01. The summed E-state index contributed by atoms with van der Waals surface area (Å²) in [5, 5.41) is 13.3. The van der Waals surface area contributed by atoms with E-state index in [9.17, 15) is 9.90 Å². The molecule has 0 saturated carbocycles. The van der Waals surface area contributed by atoms with Gasteiger partial charge in [-0.15, -0.1) is 0 Å². The highest BCUT2D eigenvalue weighted by molar-refractivity contribution is 9.10. The third kappa shape index (κ3) is 7.04. The van der Waals surface area contributed by atoms with Gasteiger partial charge in [0.05, 0.1) is 12.5 Å². The molecule has 0 aliphatic rings. The number of halogens is 2. The molecule has 2 aromatic rings. The summed E-state index contributed by atoms with van der Waals surface area (Å²) in [5.41, 5.74) is 1.72. The van der Waals surface area contributed by atoms with Gasteiger partial charge in [-0.25, -0.2) is 0 Å². The SMILES string of the molecule is O=C(Cc1ccc(OCCNCC(O)c2cccc(Br)c2)cc1)NCl. The molecule has 0 fully saturated rings. The van der Waals surface area contributed by atoms with Crippen molar-refractivity contribution in [3.05, 3.63) is 64.1 Å². The molecule has 0 spiro atoms. The summed E-state index contributed by atoms with van der Waals surface area (Å²) < 4.78 is 6.56. The van der Waals surface area contributed by atoms with Crippen LogP contribution in [-0.4, -0.2) is 30.7 Å². The van der Waals surface area contributed by atoms with Gasteiger partial charge in [0.25, 0.3) is 0 Å². The van der Waals surface area contributed by atoms with Crippen LogP contribution in [-0.2, 0) is 11.2 Å². The quantitative estimate of drug-likeness (QED) is 0.425. The molecule has 7 heteroatoms. The van der Waals surface area contributed by atoms with Crippen molar-refractivity contribution in [1.82, 2.24) is 10.2 Å². The van der Waals surface area contributed by atoms with Crippen LogP contribution in [0.2, 0.25) is 0 Å². The number of ether oxygens (including phenoxy) is 1. The lowest BCUT2D eigenvalue weighted by atomic mass is 10.1. The Morgan fingerprint density at radius 1 is 1.24 bits per heavy atom. The molecule has 3 N–H and O–H groups in total. The van der Waals surface area contributed by atoms with Gasteiger partial charge in [0.15, 0.2) is 0 Å². The molecule has 0 heterocycles. The summed E-state index contributed by atoms with van der Waals surface area (Å²) in [5.74, 6) is 0.480. The summed E-state index contributed by atoms with van der Waals surface area (Å²) >= 11 is 8.64. The predicted octanol–water partition coefficient (Wildman–Crippen LogP) is 2.96. The van der Waals surface area contributed by atoms with Gasteiger partial charge in [-0.2, -0.15) is 0 Å². The van der Waals surface area contributed by atoms with Gasteiger partial charge in [0, 0.05) is 29.3 Å². The van der Waals surface area contributed by atoms with E-state index in [0.717, 1.165) is 21.3 Å². The largest absolute Gasteiger partial charge is 0.492 e. The summed E-state index contributed by atoms with van der Waals surface area (Å²) in [6.45, 7) is 1.54. The number of aliphatic hydroxyl groups excluding tert-OH is 1. The number of benzene rings is 2. The van der Waals surface area contributed by atoms with Crippen LogP contribution in [0.1, 0.15) is 17.2 Å². The van der Waals surface area contributed by atoms with Crippen molar-refractivity contribution >= 4 is 33.6 Å². The summed E-state index contributed by atoms with van der Waals surface area (Å²) in [7, 11) is 0. The van der Waals surface area contributed by atoms with Gasteiger partial charge >= 0.3 is 0 Å². The van der Waals surface area contributed by atoms with Crippen LogP contribution in [0.15, 0.2) is 53.0 Å². The predicted molar refractivity (Wildman–Crippen MR) is 102 cm³/mol. The van der Waals surface area contributed by atoms with Crippen LogP contribution in [0, 0.1) is 0 Å². The zero-order valence-corrected chi connectivity index (χ0v) is 15.9. The normalized spacial score (nSPS) is 11.8. The maximum absolute atomic E-state index is 11.2. The Bertz CT molecular complexity index is 682. The van der Waals surface area contributed by atoms with E-state index < -0.39 is 6.10 Å². The van der Waals surface area contributed by atoms with Gasteiger partial charge in [-0.1, -0.05) is 40.2 Å². The fraction of sp³-hybridized carbons (Fsp3) is 0.278. The second-order valence-electron chi connectivity index (χ2n) is 5.46. The second-order valence-corrected chi connectivity index (χ2v) is 6.57. The molecule has 5 nitrogen and oxygen atoms in total. The lowest BCUT2D eigenvalue weighted by Gasteiger charge is -2.13. The topological polar surface area (TPSA) is 70.6 Å². The van der Waals surface area contributed by atoms with Crippen LogP contribution in [0.3, 0.4) is 0 Å². The molecule has 0 saturated heterocycles. The number of hydrogen-bond donors (Lipinski definition) is 3. The second kappa shape index (κ2) is 10.4. The van der Waals surface area contributed by atoms with Crippen LogP contribution >= 0.6 is 27.7 Å². The first kappa shape index (κ1) is 19.7. The fourth-order valence-corrected chi connectivity index (χ4v) is 2.72. The van der Waals surface area contributed by atoms with Crippen molar-refractivity contribution in [3.63, 3.8) is 0 Å². The van der Waals surface area contributed by atoms with E-state index >= 15 is 0 Å². The molecule has 0 aromatic heterocycles. The smallest absolute Gasteiger partial charge is 0.238 e. The van der Waals surface area contributed by atoms with Crippen molar-refractivity contribution in [1.29, 1.82) is 0 Å². The molecule has 134 valence electrons. The molecule has 1 amide bonds. The minimum Gasteiger partial charge on any atom is -0.492 e. The molecular weight excluding hydrogens is 408 g/mol. The van der Waals surface area contributed by atoms with Crippen molar-refractivity contribution in [2.24, 2.45) is 0 Å². The highest BCUT2D eigenvalue weighted by Crippen LogP contribution is 2.17. The Balaban J connectivity index is 1.66. The molecule has 0 bridgehead atoms. The molecule has 0 radical (unpaired) electrons. The third-order valence-electron chi connectivity index (χ3n) is 3.51. The van der Waals surface area contributed by atoms with E-state index in [2.05, 4.69) is 26.1 Å². The van der Waals surface area contributed by atoms with Crippen molar-refractivity contribution < 1.29 is 14.6 Å². The molecule has 1 atom stereocenters. The average molecular weight is 428 g/mol. The molecule has 2 rings (SSSR count). The molecule has 0 aliphatic carbocycles. The summed E-state index contributed by atoms with van der Waals surface area (Å²) in [6, 6.07) is 14.9. The Morgan fingerprint density at radius 3 is 2.68 bits per heavy atom. The monoisotopic (exact) mass is 426 g/mol.